The van der Waals surface area contributed by atoms with Crippen LogP contribution >= 0.6 is 0 Å². The highest BCUT2D eigenvalue weighted by Crippen LogP contribution is 2.21. The summed E-state index contributed by atoms with van der Waals surface area (Å²) in [4.78, 5) is 52.0. The zero-order valence-corrected chi connectivity index (χ0v) is 29.5. The second kappa shape index (κ2) is 19.7. The lowest BCUT2D eigenvalue weighted by Gasteiger charge is -2.21. The van der Waals surface area contributed by atoms with E-state index in [4.69, 9.17) is 37.7 Å². The Balaban J connectivity index is 0.00000131. The van der Waals surface area contributed by atoms with E-state index in [9.17, 15) is 14.4 Å². The number of hydrogen-bond acceptors (Lipinski definition) is 10. The van der Waals surface area contributed by atoms with E-state index in [1.165, 1.54) is 4.90 Å². The van der Waals surface area contributed by atoms with Crippen molar-refractivity contribution in [2.75, 3.05) is 30.0 Å². The van der Waals surface area contributed by atoms with E-state index in [1.54, 1.807) is 55.6 Å². The quantitative estimate of drug-likeness (QED) is 0.0419. The molecular weight excluding hydrogens is 682 g/mol. The maximum absolute atomic E-state index is 13.6. The molecule has 0 radical (unpaired) electrons. The van der Waals surface area contributed by atoms with E-state index in [0.29, 0.717) is 35.6 Å². The molecule has 0 unspecified atom stereocenters. The van der Waals surface area contributed by atoms with Gasteiger partial charge in [-0.3, -0.25) is 23.6 Å². The van der Waals surface area contributed by atoms with Gasteiger partial charge in [0, 0.05) is 36.6 Å². The van der Waals surface area contributed by atoms with Crippen LogP contribution < -0.4 is 16.0 Å². The second-order valence-electron chi connectivity index (χ2n) is 11.0. The molecular formula is C34H43N7O9S. The number of carbonyl (C=O) groups is 3. The number of ether oxygens (including phenoxy) is 2. The molecule has 4 aromatic rings. The first-order valence-corrected chi connectivity index (χ1v) is 17.6. The number of rotatable bonds is 15. The molecule has 274 valence electrons. The van der Waals surface area contributed by atoms with Crippen LogP contribution in [0.3, 0.4) is 0 Å². The van der Waals surface area contributed by atoms with Crippen molar-refractivity contribution in [3.05, 3.63) is 83.8 Å². The van der Waals surface area contributed by atoms with E-state index in [0.717, 1.165) is 42.7 Å². The number of aliphatic imine (C=N–C) groups is 1. The van der Waals surface area contributed by atoms with E-state index in [2.05, 4.69) is 22.2 Å². The van der Waals surface area contributed by atoms with Gasteiger partial charge in [-0.05, 0) is 67.9 Å². The van der Waals surface area contributed by atoms with Crippen LogP contribution in [-0.4, -0.2) is 75.6 Å². The van der Waals surface area contributed by atoms with Crippen molar-refractivity contribution >= 4 is 56.7 Å². The van der Waals surface area contributed by atoms with Crippen LogP contribution in [0, 0.1) is 0 Å². The Morgan fingerprint density at radius 2 is 1.69 bits per heavy atom. The molecule has 16 nitrogen and oxygen atoms in total. The van der Waals surface area contributed by atoms with Gasteiger partial charge in [-0.2, -0.15) is 13.4 Å². The number of aromatic nitrogens is 3. The average molecular weight is 726 g/mol. The number of pyridine rings is 1. The molecule has 0 aliphatic carbocycles. The van der Waals surface area contributed by atoms with Crippen molar-refractivity contribution < 1.29 is 41.4 Å². The van der Waals surface area contributed by atoms with Crippen LogP contribution in [0.1, 0.15) is 67.7 Å². The Morgan fingerprint density at radius 3 is 2.33 bits per heavy atom. The molecule has 0 bridgehead atoms. The van der Waals surface area contributed by atoms with Crippen molar-refractivity contribution in [2.45, 2.75) is 52.5 Å². The third-order valence-corrected chi connectivity index (χ3v) is 7.30. The highest BCUT2D eigenvalue weighted by Gasteiger charge is 2.21. The number of esters is 1. The van der Waals surface area contributed by atoms with Gasteiger partial charge in [-0.25, -0.2) is 14.8 Å². The molecule has 4 rings (SSSR count). The minimum atomic E-state index is -4.67. The second-order valence-corrected chi connectivity index (χ2v) is 11.9. The lowest BCUT2D eigenvalue weighted by atomic mass is 10.1. The van der Waals surface area contributed by atoms with E-state index in [1.807, 2.05) is 29.8 Å². The van der Waals surface area contributed by atoms with Gasteiger partial charge in [0.15, 0.2) is 0 Å². The van der Waals surface area contributed by atoms with E-state index in [-0.39, 0.29) is 37.3 Å². The Bertz CT molecular complexity index is 1890. The number of carbonyl (C=O) groups excluding carboxylic acids is 3. The Labute approximate surface area is 296 Å². The summed E-state index contributed by atoms with van der Waals surface area (Å²) in [6.07, 6.45) is 4.99. The molecule has 2 heterocycles. The molecule has 0 aliphatic heterocycles. The molecule has 2 aromatic carbocycles. The third-order valence-electron chi connectivity index (χ3n) is 7.30. The van der Waals surface area contributed by atoms with E-state index < -0.39 is 16.5 Å². The first kappa shape index (κ1) is 40.0. The van der Waals surface area contributed by atoms with Crippen molar-refractivity contribution in [3.63, 3.8) is 0 Å². The predicted molar refractivity (Wildman–Crippen MR) is 192 cm³/mol. The number of nitrogens with two attached hydrogens (primary N) is 1. The standard InChI is InChI=1S/C34H41N7O5.H2O4S/c1-4-6-7-10-21-46-34(44)39-32(35)24-12-15-26(16-13-24)37-23-30-38-27-22-25(14-17-28(27)40(30)3)33(43)41(20-18-31(42)45-5-2)29-11-8-9-19-36-29;1-5(2,3)4/h8-9,11-17,19,22,37H,4-7,10,18,20-21,23H2,1-3H3,(H2,35,39,44);(H2,1,2,3,4). The number of unbranched alkanes of at least 4 members (excludes halogenated alkanes) is 3. The Hall–Kier alpha value is -5.39. The van der Waals surface area contributed by atoms with Gasteiger partial charge >= 0.3 is 22.5 Å². The topological polar surface area (TPSA) is 229 Å². The van der Waals surface area contributed by atoms with Crippen LogP contribution in [0.2, 0.25) is 0 Å². The number of benzene rings is 2. The van der Waals surface area contributed by atoms with Gasteiger partial charge in [0.2, 0.25) is 0 Å². The summed E-state index contributed by atoms with van der Waals surface area (Å²) < 4.78 is 43.7. The fourth-order valence-electron chi connectivity index (χ4n) is 4.79. The Morgan fingerprint density at radius 1 is 0.980 bits per heavy atom. The molecule has 0 aliphatic rings. The molecule has 2 amide bonds. The summed E-state index contributed by atoms with van der Waals surface area (Å²) in [5.74, 6) is 0.620. The summed E-state index contributed by atoms with van der Waals surface area (Å²) in [5.41, 5.74) is 9.40. The van der Waals surface area contributed by atoms with Crippen LogP contribution in [0.25, 0.3) is 11.0 Å². The summed E-state index contributed by atoms with van der Waals surface area (Å²) in [5, 5.41) is 3.35. The van der Waals surface area contributed by atoms with Crippen LogP contribution in [-0.2, 0) is 38.3 Å². The SMILES string of the molecule is CCCCCCOC(=O)/N=C(/N)c1ccc(NCc2nc3cc(C(=O)N(CCC(=O)OCC)c4ccccn4)ccc3n2C)cc1.O=S(=O)(O)O. The number of amidine groups is 1. The molecule has 0 spiro atoms. The summed E-state index contributed by atoms with van der Waals surface area (Å²) in [7, 11) is -2.75. The van der Waals surface area contributed by atoms with Crippen LogP contribution in [0.15, 0.2) is 71.9 Å². The molecule has 0 saturated carbocycles. The van der Waals surface area contributed by atoms with Gasteiger partial charge < -0.3 is 25.1 Å². The minimum Gasteiger partial charge on any atom is -0.466 e. The molecule has 0 fully saturated rings. The van der Waals surface area contributed by atoms with Crippen molar-refractivity contribution in [1.82, 2.24) is 14.5 Å². The fourth-order valence-corrected chi connectivity index (χ4v) is 4.79. The average Bonchev–Trinajstić information content (AvgIpc) is 3.41. The zero-order chi connectivity index (χ0) is 37.4. The van der Waals surface area contributed by atoms with Gasteiger partial charge in [-0.15, -0.1) is 0 Å². The van der Waals surface area contributed by atoms with Gasteiger partial charge in [0.05, 0.1) is 37.2 Å². The monoisotopic (exact) mass is 725 g/mol. The predicted octanol–water partition coefficient (Wildman–Crippen LogP) is 4.95. The molecule has 0 saturated heterocycles. The maximum atomic E-state index is 13.6. The number of imidazole rings is 1. The summed E-state index contributed by atoms with van der Waals surface area (Å²) in [6.45, 7) is 5.02. The lowest BCUT2D eigenvalue weighted by Crippen LogP contribution is -2.34. The fraction of sp³-hybridized carbons (Fsp3) is 0.353. The number of aryl methyl sites for hydroxylation is 1. The number of nitrogens with one attached hydrogen (secondary N) is 1. The first-order valence-electron chi connectivity index (χ1n) is 16.2. The zero-order valence-electron chi connectivity index (χ0n) is 28.7. The molecule has 0 atom stereocenters. The largest absolute Gasteiger partial charge is 0.466 e. The number of amides is 2. The van der Waals surface area contributed by atoms with Gasteiger partial charge in [0.1, 0.15) is 17.5 Å². The number of hydrogen-bond donors (Lipinski definition) is 4. The number of nitrogens with zero attached hydrogens (tertiary/aromatic N) is 5. The molecule has 5 N–H and O–H groups in total. The van der Waals surface area contributed by atoms with Gasteiger partial charge in [0.25, 0.3) is 5.91 Å². The molecule has 2 aromatic heterocycles. The van der Waals surface area contributed by atoms with Crippen LogP contribution in [0.4, 0.5) is 16.3 Å². The van der Waals surface area contributed by atoms with Gasteiger partial charge in [-0.1, -0.05) is 32.3 Å². The smallest absolute Gasteiger partial charge is 0.435 e. The minimum absolute atomic E-state index is 0.0455. The normalized spacial score (nSPS) is 11.4. The highest BCUT2D eigenvalue weighted by atomic mass is 32.3. The summed E-state index contributed by atoms with van der Waals surface area (Å²) in [6, 6.07) is 17.9. The van der Waals surface area contributed by atoms with Crippen molar-refractivity contribution in [3.8, 4) is 0 Å². The maximum Gasteiger partial charge on any atom is 0.435 e. The third kappa shape index (κ3) is 13.4. The Kier molecular flexibility index (Phi) is 15.5. The van der Waals surface area contributed by atoms with Crippen LogP contribution in [0.5, 0.6) is 0 Å². The molecule has 17 heteroatoms. The molecule has 51 heavy (non-hydrogen) atoms. The summed E-state index contributed by atoms with van der Waals surface area (Å²) >= 11 is 0. The van der Waals surface area contributed by atoms with Crippen molar-refractivity contribution in [2.24, 2.45) is 17.8 Å². The van der Waals surface area contributed by atoms with E-state index >= 15 is 0 Å². The first-order chi connectivity index (χ1) is 24.3. The highest BCUT2D eigenvalue weighted by molar-refractivity contribution is 7.79. The number of anilines is 2. The lowest BCUT2D eigenvalue weighted by molar-refractivity contribution is -0.142. The number of fused-ring (bicyclic) bond motifs is 1. The van der Waals surface area contributed by atoms with Crippen molar-refractivity contribution in [1.29, 1.82) is 0 Å².